The second-order valence-electron chi connectivity index (χ2n) is 6.67. The average molecular weight is 365 g/mol. The number of ether oxygens (including phenoxy) is 2. The zero-order chi connectivity index (χ0) is 19.5. The molecule has 2 aromatic carbocycles. The topological polar surface area (TPSA) is 18.5 Å². The van der Waals surface area contributed by atoms with Gasteiger partial charge >= 0.3 is 0 Å². The number of hydrogen-bond donors (Lipinski definition) is 0. The van der Waals surface area contributed by atoms with E-state index in [-0.39, 0.29) is 0 Å². The molecule has 0 saturated carbocycles. The van der Waals surface area contributed by atoms with Gasteiger partial charge in [-0.15, -0.1) is 0 Å². The predicted octanol–water partition coefficient (Wildman–Crippen LogP) is 7.39. The normalized spacial score (nSPS) is 10.4. The van der Waals surface area contributed by atoms with Crippen molar-refractivity contribution in [1.29, 1.82) is 0 Å². The minimum Gasteiger partial charge on any atom is -0.494 e. The fraction of sp³-hybridized carbons (Fsp3) is 0.360. The third-order valence-electron chi connectivity index (χ3n) is 4.55. The van der Waals surface area contributed by atoms with Gasteiger partial charge in [-0.1, -0.05) is 70.6 Å². The highest BCUT2D eigenvalue weighted by molar-refractivity contribution is 5.81. The highest BCUT2D eigenvalue weighted by Crippen LogP contribution is 2.36. The molecule has 27 heavy (non-hydrogen) atoms. The van der Waals surface area contributed by atoms with Crippen molar-refractivity contribution in [2.45, 2.75) is 46.0 Å². The molecule has 2 aromatic rings. The molecule has 2 rings (SSSR count). The van der Waals surface area contributed by atoms with Crippen molar-refractivity contribution >= 4 is 12.2 Å². The molecule has 0 N–H and O–H groups in total. The molecule has 0 heterocycles. The molecule has 0 spiro atoms. The van der Waals surface area contributed by atoms with Gasteiger partial charge in [-0.05, 0) is 53.8 Å². The number of unbranched alkanes of at least 4 members (excludes halogenated alkanes) is 3. The van der Waals surface area contributed by atoms with Crippen LogP contribution in [0.15, 0.2) is 49.6 Å². The van der Waals surface area contributed by atoms with Crippen molar-refractivity contribution in [3.63, 3.8) is 0 Å². The van der Waals surface area contributed by atoms with E-state index in [1.54, 1.807) is 0 Å². The van der Waals surface area contributed by atoms with Gasteiger partial charge in [0.2, 0.25) is 0 Å². The van der Waals surface area contributed by atoms with Crippen molar-refractivity contribution < 1.29 is 9.47 Å². The lowest BCUT2D eigenvalue weighted by Gasteiger charge is -2.16. The lowest BCUT2D eigenvalue weighted by atomic mass is 9.96. The molecule has 0 atom stereocenters. The molecule has 0 amide bonds. The van der Waals surface area contributed by atoms with E-state index in [0.29, 0.717) is 6.61 Å². The van der Waals surface area contributed by atoms with E-state index in [0.717, 1.165) is 59.6 Å². The van der Waals surface area contributed by atoms with Crippen LogP contribution in [0.2, 0.25) is 0 Å². The lowest BCUT2D eigenvalue weighted by Crippen LogP contribution is -2.00. The van der Waals surface area contributed by atoms with E-state index in [9.17, 15) is 0 Å². The zero-order valence-corrected chi connectivity index (χ0v) is 16.8. The highest BCUT2D eigenvalue weighted by atomic mass is 16.5. The van der Waals surface area contributed by atoms with Crippen LogP contribution in [0.3, 0.4) is 0 Å². The van der Waals surface area contributed by atoms with E-state index in [1.165, 1.54) is 12.8 Å². The second kappa shape index (κ2) is 11.3. The summed E-state index contributed by atoms with van der Waals surface area (Å²) >= 11 is 0. The maximum absolute atomic E-state index is 6.07. The van der Waals surface area contributed by atoms with E-state index in [1.807, 2.05) is 30.4 Å². The smallest absolute Gasteiger partial charge is 0.127 e. The van der Waals surface area contributed by atoms with E-state index in [4.69, 9.17) is 9.47 Å². The third kappa shape index (κ3) is 6.02. The van der Waals surface area contributed by atoms with Crippen LogP contribution < -0.4 is 9.47 Å². The summed E-state index contributed by atoms with van der Waals surface area (Å²) < 4.78 is 12.0. The van der Waals surface area contributed by atoms with Crippen LogP contribution in [-0.2, 0) is 0 Å². The average Bonchev–Trinajstić information content (AvgIpc) is 2.71. The summed E-state index contributed by atoms with van der Waals surface area (Å²) in [5.41, 5.74) is 4.26. The lowest BCUT2D eigenvalue weighted by molar-refractivity contribution is 0.306. The van der Waals surface area contributed by atoms with E-state index >= 15 is 0 Å². The molecule has 0 aliphatic carbocycles. The van der Waals surface area contributed by atoms with Gasteiger partial charge in [-0.2, -0.15) is 0 Å². The highest BCUT2D eigenvalue weighted by Gasteiger charge is 2.12. The third-order valence-corrected chi connectivity index (χ3v) is 4.55. The van der Waals surface area contributed by atoms with Gasteiger partial charge in [0.05, 0.1) is 13.2 Å². The van der Waals surface area contributed by atoms with Gasteiger partial charge in [0.1, 0.15) is 11.5 Å². The Bertz CT molecular complexity index is 746. The standard InChI is InChI=1S/C25H32O2/c1-5-9-11-17-26-22-14-13-21(8-4)23(19-22)24-18-20(7-3)12-15-25(24)27-16-10-6-2/h7-8,12-15,18-19H,3-6,9-11,16-17H2,1-2H3. The molecule has 0 aliphatic heterocycles. The molecular weight excluding hydrogens is 332 g/mol. The van der Waals surface area contributed by atoms with Crippen molar-refractivity contribution in [2.24, 2.45) is 0 Å². The minimum absolute atomic E-state index is 0.716. The van der Waals surface area contributed by atoms with Crippen LogP contribution in [0.4, 0.5) is 0 Å². The first kappa shape index (κ1) is 20.8. The van der Waals surface area contributed by atoms with Crippen LogP contribution in [0.25, 0.3) is 23.3 Å². The van der Waals surface area contributed by atoms with Crippen LogP contribution in [0.5, 0.6) is 11.5 Å². The molecule has 144 valence electrons. The summed E-state index contributed by atoms with van der Waals surface area (Å²) in [5, 5.41) is 0. The Kier molecular flexibility index (Phi) is 8.70. The summed E-state index contributed by atoms with van der Waals surface area (Å²) in [6.45, 7) is 13.7. The van der Waals surface area contributed by atoms with Gasteiger partial charge in [0, 0.05) is 5.56 Å². The fourth-order valence-corrected chi connectivity index (χ4v) is 2.92. The summed E-state index contributed by atoms with van der Waals surface area (Å²) in [5.74, 6) is 1.77. The van der Waals surface area contributed by atoms with Crippen molar-refractivity contribution in [3.05, 3.63) is 60.7 Å². The van der Waals surface area contributed by atoms with Gasteiger partial charge in [0.25, 0.3) is 0 Å². The van der Waals surface area contributed by atoms with Crippen LogP contribution in [-0.4, -0.2) is 13.2 Å². The molecule has 0 saturated heterocycles. The Morgan fingerprint density at radius 1 is 0.778 bits per heavy atom. The van der Waals surface area contributed by atoms with Gasteiger partial charge in [-0.3, -0.25) is 0 Å². The van der Waals surface area contributed by atoms with Gasteiger partial charge in [-0.25, -0.2) is 0 Å². The molecule has 0 aromatic heterocycles. The van der Waals surface area contributed by atoms with E-state index in [2.05, 4.69) is 45.2 Å². The molecule has 0 bridgehead atoms. The molecule has 0 radical (unpaired) electrons. The first-order valence-corrected chi connectivity index (χ1v) is 10.0. The van der Waals surface area contributed by atoms with Gasteiger partial charge in [0.15, 0.2) is 0 Å². The van der Waals surface area contributed by atoms with Gasteiger partial charge < -0.3 is 9.47 Å². The summed E-state index contributed by atoms with van der Waals surface area (Å²) in [4.78, 5) is 0. The Balaban J connectivity index is 2.37. The summed E-state index contributed by atoms with van der Waals surface area (Å²) in [6, 6.07) is 12.4. The molecule has 2 nitrogen and oxygen atoms in total. The van der Waals surface area contributed by atoms with Crippen molar-refractivity contribution in [3.8, 4) is 22.6 Å². The first-order chi connectivity index (χ1) is 13.2. The SMILES string of the molecule is C=Cc1ccc(OCCCC)c(-c2cc(OCCCCC)ccc2C=C)c1. The molecule has 0 fully saturated rings. The quantitative estimate of drug-likeness (QED) is 0.366. The number of benzene rings is 2. The number of rotatable bonds is 12. The summed E-state index contributed by atoms with van der Waals surface area (Å²) in [6.07, 6.45) is 9.35. The molecular formula is C25H32O2. The Hall–Kier alpha value is -2.48. The molecule has 0 unspecified atom stereocenters. The number of hydrogen-bond acceptors (Lipinski definition) is 2. The molecule has 0 aliphatic rings. The van der Waals surface area contributed by atoms with Crippen LogP contribution in [0, 0.1) is 0 Å². The Labute approximate surface area is 164 Å². The monoisotopic (exact) mass is 364 g/mol. The minimum atomic E-state index is 0.716. The largest absolute Gasteiger partial charge is 0.494 e. The predicted molar refractivity (Wildman–Crippen MR) is 117 cm³/mol. The Morgan fingerprint density at radius 3 is 2.26 bits per heavy atom. The molecule has 2 heteroatoms. The maximum Gasteiger partial charge on any atom is 0.127 e. The van der Waals surface area contributed by atoms with Crippen LogP contribution >= 0.6 is 0 Å². The van der Waals surface area contributed by atoms with Crippen LogP contribution in [0.1, 0.15) is 57.1 Å². The van der Waals surface area contributed by atoms with Crippen molar-refractivity contribution in [2.75, 3.05) is 13.2 Å². The summed E-state index contributed by atoms with van der Waals surface area (Å²) in [7, 11) is 0. The fourth-order valence-electron chi connectivity index (χ4n) is 2.92. The van der Waals surface area contributed by atoms with Crippen molar-refractivity contribution in [1.82, 2.24) is 0 Å². The first-order valence-electron chi connectivity index (χ1n) is 10.0. The second-order valence-corrected chi connectivity index (χ2v) is 6.67. The maximum atomic E-state index is 6.07. The zero-order valence-electron chi connectivity index (χ0n) is 16.8. The van der Waals surface area contributed by atoms with E-state index < -0.39 is 0 Å². The Morgan fingerprint density at radius 2 is 1.56 bits per heavy atom.